The van der Waals surface area contributed by atoms with Gasteiger partial charge in [0.2, 0.25) is 5.91 Å². The first-order valence-corrected chi connectivity index (χ1v) is 15.8. The highest BCUT2D eigenvalue weighted by Gasteiger charge is 2.71. The van der Waals surface area contributed by atoms with Gasteiger partial charge < -0.3 is 9.84 Å². The van der Waals surface area contributed by atoms with Gasteiger partial charge in [0.1, 0.15) is 28.8 Å². The summed E-state index contributed by atoms with van der Waals surface area (Å²) >= 11 is 12.5. The molecule has 3 fully saturated rings. The molecule has 0 aromatic heterocycles. The van der Waals surface area contributed by atoms with Crippen LogP contribution in [0.2, 0.25) is 10.0 Å². The summed E-state index contributed by atoms with van der Waals surface area (Å²) in [5, 5.41) is 20.9. The molecule has 11 heteroatoms. The number of hydrogen-bond donors (Lipinski definition) is 1. The fraction of sp³-hybridized carbons (Fsp3) is 0.400. The van der Waals surface area contributed by atoms with Crippen LogP contribution in [0.1, 0.15) is 67.4 Å². The molecule has 0 spiro atoms. The molecule has 1 N–H and O–H groups in total. The quantitative estimate of drug-likeness (QED) is 0.276. The van der Waals surface area contributed by atoms with Crippen LogP contribution in [0.15, 0.2) is 54.6 Å². The maximum Gasteiger partial charge on any atom is 0.335 e. The van der Waals surface area contributed by atoms with Crippen molar-refractivity contribution in [2.75, 3.05) is 12.0 Å². The minimum Gasteiger partial charge on any atom is -0.495 e. The smallest absolute Gasteiger partial charge is 0.335 e. The number of carbonyl (C=O) groups is 2. The average molecular weight is 669 g/mol. The Kier molecular flexibility index (Phi) is 8.07. The normalized spacial score (nSPS) is 26.2. The van der Waals surface area contributed by atoms with Gasteiger partial charge in [-0.15, -0.1) is 0 Å². The molecule has 1 saturated carbocycles. The number of nitriles is 1. The third-order valence-corrected chi connectivity index (χ3v) is 10.0. The summed E-state index contributed by atoms with van der Waals surface area (Å²) in [6.45, 7) is 6.02. The second-order valence-corrected chi connectivity index (χ2v) is 14.4. The highest BCUT2D eigenvalue weighted by Crippen LogP contribution is 2.62. The van der Waals surface area contributed by atoms with Crippen molar-refractivity contribution in [3.8, 4) is 11.8 Å². The van der Waals surface area contributed by atoms with Crippen molar-refractivity contribution in [1.29, 1.82) is 5.26 Å². The first-order valence-electron chi connectivity index (χ1n) is 15.1. The van der Waals surface area contributed by atoms with Gasteiger partial charge in [-0.3, -0.25) is 14.6 Å². The number of hydrogen-bond acceptors (Lipinski definition) is 5. The number of halogens is 4. The zero-order chi connectivity index (χ0) is 33.3. The van der Waals surface area contributed by atoms with Crippen LogP contribution in [0.3, 0.4) is 0 Å². The standard InChI is InChI=1S/C35H33Cl2F2N3O4/c1-34(2,3)16-27-35(17-40,22-12-11-20(36)15-24(22)38)28(21-6-5-7-23(37)29(21)39)30-32(43)41(31(42(27)30)18-8-9-18)25-13-10-19(33(44)45)14-26(25)46-4/h5-7,10-15,18,27-28,30-31H,8-9,16H2,1-4H3,(H,44,45)/t27-,28-,30+,31+,35-/m0/s1. The maximum atomic E-state index is 16.2. The van der Waals surface area contributed by atoms with Crippen LogP contribution in [0.4, 0.5) is 14.5 Å². The van der Waals surface area contributed by atoms with E-state index in [9.17, 15) is 15.2 Å². The van der Waals surface area contributed by atoms with Gasteiger partial charge in [0, 0.05) is 22.5 Å². The number of aromatic carboxylic acids is 1. The number of anilines is 1. The molecule has 0 bridgehead atoms. The Bertz CT molecular complexity index is 1790. The number of fused-ring (bicyclic) bond motifs is 1. The SMILES string of the molecule is COc1cc(C(=O)O)ccc1N1C(=O)[C@H]2[C@H](c3cccc(Cl)c3F)[C@@](C#N)(c3ccc(Cl)cc3F)[C@H](CC(C)(C)C)N2[C@@H]1C1CC1. The Balaban J connectivity index is 1.67. The number of ether oxygens (including phenoxy) is 1. The van der Waals surface area contributed by atoms with Crippen LogP contribution in [0.5, 0.6) is 5.75 Å². The van der Waals surface area contributed by atoms with Crippen molar-refractivity contribution in [2.45, 2.75) is 69.6 Å². The Morgan fingerprint density at radius 2 is 1.85 bits per heavy atom. The monoisotopic (exact) mass is 667 g/mol. The summed E-state index contributed by atoms with van der Waals surface area (Å²) in [6, 6.07) is 13.5. The molecule has 7 nitrogen and oxygen atoms in total. The number of carboxylic acid groups (broad SMARTS) is 1. The average Bonchev–Trinajstić information content (AvgIpc) is 3.74. The van der Waals surface area contributed by atoms with E-state index in [2.05, 4.69) is 6.07 Å². The first-order chi connectivity index (χ1) is 21.7. The molecule has 1 amide bonds. The number of amides is 1. The topological polar surface area (TPSA) is 93.9 Å². The minimum absolute atomic E-state index is 0.00492. The zero-order valence-electron chi connectivity index (χ0n) is 25.7. The predicted molar refractivity (Wildman–Crippen MR) is 170 cm³/mol. The third kappa shape index (κ3) is 5.02. The summed E-state index contributed by atoms with van der Waals surface area (Å²) in [5.41, 5.74) is -1.72. The Labute approximate surface area is 276 Å². The second-order valence-electron chi connectivity index (χ2n) is 13.5. The molecule has 2 heterocycles. The maximum absolute atomic E-state index is 16.2. The van der Waals surface area contributed by atoms with Crippen molar-refractivity contribution in [2.24, 2.45) is 11.3 Å². The van der Waals surface area contributed by atoms with Gasteiger partial charge in [-0.05, 0) is 72.6 Å². The predicted octanol–water partition coefficient (Wildman–Crippen LogP) is 7.80. The molecule has 5 atom stereocenters. The lowest BCUT2D eigenvalue weighted by atomic mass is 9.62. The lowest BCUT2D eigenvalue weighted by molar-refractivity contribution is -0.119. The summed E-state index contributed by atoms with van der Waals surface area (Å²) < 4.78 is 38.0. The van der Waals surface area contributed by atoms with Gasteiger partial charge in [0.25, 0.3) is 0 Å². The van der Waals surface area contributed by atoms with E-state index in [-0.39, 0.29) is 38.4 Å². The van der Waals surface area contributed by atoms with E-state index in [0.717, 1.165) is 18.9 Å². The van der Waals surface area contributed by atoms with E-state index < -0.39 is 58.5 Å². The lowest BCUT2D eigenvalue weighted by Gasteiger charge is -2.43. The van der Waals surface area contributed by atoms with Crippen molar-refractivity contribution in [1.82, 2.24) is 4.90 Å². The van der Waals surface area contributed by atoms with E-state index in [1.807, 2.05) is 25.7 Å². The Morgan fingerprint density at radius 3 is 2.43 bits per heavy atom. The van der Waals surface area contributed by atoms with Crippen LogP contribution >= 0.6 is 23.2 Å². The number of carbonyl (C=O) groups excluding carboxylic acids is 1. The van der Waals surface area contributed by atoms with Crippen molar-refractivity contribution in [3.05, 3.63) is 93.0 Å². The zero-order valence-corrected chi connectivity index (χ0v) is 27.2. The van der Waals surface area contributed by atoms with Gasteiger partial charge in [-0.2, -0.15) is 5.26 Å². The summed E-state index contributed by atoms with van der Waals surface area (Å²) in [7, 11) is 1.40. The van der Waals surface area contributed by atoms with Gasteiger partial charge in [0.15, 0.2) is 0 Å². The molecule has 3 aromatic carbocycles. The summed E-state index contributed by atoms with van der Waals surface area (Å²) in [5.74, 6) is -4.07. The van der Waals surface area contributed by atoms with Crippen LogP contribution in [0.25, 0.3) is 0 Å². The van der Waals surface area contributed by atoms with Gasteiger partial charge >= 0.3 is 5.97 Å². The fourth-order valence-electron chi connectivity index (χ4n) is 7.60. The van der Waals surface area contributed by atoms with E-state index in [0.29, 0.717) is 12.1 Å². The highest BCUT2D eigenvalue weighted by molar-refractivity contribution is 6.31. The number of rotatable bonds is 7. The molecule has 0 radical (unpaired) electrons. The number of carboxylic acids is 1. The Hall–Kier alpha value is -3.71. The first kappa shape index (κ1) is 32.2. The second kappa shape index (κ2) is 11.5. The molecule has 2 aliphatic heterocycles. The van der Waals surface area contributed by atoms with Gasteiger partial charge in [-0.1, -0.05) is 62.2 Å². The van der Waals surface area contributed by atoms with E-state index in [1.165, 1.54) is 43.5 Å². The fourth-order valence-corrected chi connectivity index (χ4v) is 7.94. The van der Waals surface area contributed by atoms with Crippen LogP contribution < -0.4 is 9.64 Å². The number of nitrogens with zero attached hydrogens (tertiary/aromatic N) is 3. The van der Waals surface area contributed by atoms with E-state index in [1.54, 1.807) is 17.0 Å². The van der Waals surface area contributed by atoms with Gasteiger partial charge in [-0.25, -0.2) is 13.6 Å². The number of benzene rings is 3. The Morgan fingerprint density at radius 1 is 1.13 bits per heavy atom. The molecule has 3 aromatic rings. The highest BCUT2D eigenvalue weighted by atomic mass is 35.5. The molecular formula is C35H33Cl2F2N3O4. The number of methoxy groups -OCH3 is 1. The molecular weight excluding hydrogens is 635 g/mol. The van der Waals surface area contributed by atoms with E-state index in [4.69, 9.17) is 27.9 Å². The molecule has 6 rings (SSSR count). The molecule has 46 heavy (non-hydrogen) atoms. The largest absolute Gasteiger partial charge is 0.495 e. The molecule has 240 valence electrons. The van der Waals surface area contributed by atoms with Crippen LogP contribution in [-0.4, -0.2) is 47.2 Å². The molecule has 2 saturated heterocycles. The van der Waals surface area contributed by atoms with E-state index >= 15 is 13.6 Å². The van der Waals surface area contributed by atoms with Gasteiger partial charge in [0.05, 0.1) is 35.6 Å². The van der Waals surface area contributed by atoms with Crippen molar-refractivity contribution in [3.63, 3.8) is 0 Å². The summed E-state index contributed by atoms with van der Waals surface area (Å²) in [6.07, 6.45) is 1.35. The van der Waals surface area contributed by atoms with Crippen molar-refractivity contribution >= 4 is 40.8 Å². The molecule has 3 aliphatic rings. The minimum atomic E-state index is -1.73. The summed E-state index contributed by atoms with van der Waals surface area (Å²) in [4.78, 5) is 30.4. The molecule has 1 aliphatic carbocycles. The lowest BCUT2D eigenvalue weighted by Crippen LogP contribution is -2.52. The van der Waals surface area contributed by atoms with Crippen molar-refractivity contribution < 1.29 is 28.2 Å². The third-order valence-electron chi connectivity index (χ3n) is 9.49. The molecule has 0 unspecified atom stereocenters. The van der Waals surface area contributed by atoms with Crippen LogP contribution in [-0.2, 0) is 10.2 Å². The van der Waals surface area contributed by atoms with Crippen LogP contribution in [0, 0.1) is 34.3 Å².